The molecule has 1 atom stereocenters. The maximum absolute atomic E-state index is 12.0. The van der Waals surface area contributed by atoms with Crippen LogP contribution in [0.15, 0.2) is 10.6 Å². The van der Waals surface area contributed by atoms with Crippen molar-refractivity contribution in [2.24, 2.45) is 0 Å². The second-order valence-electron chi connectivity index (χ2n) is 5.30. The third-order valence-corrected chi connectivity index (χ3v) is 2.95. The molecule has 0 aliphatic heterocycles. The normalized spacial score (nSPS) is 12.6. The van der Waals surface area contributed by atoms with Gasteiger partial charge in [0.15, 0.2) is 5.82 Å². The minimum absolute atomic E-state index is 0.0508. The van der Waals surface area contributed by atoms with Crippen LogP contribution in [0, 0.1) is 6.92 Å². The van der Waals surface area contributed by atoms with Crippen molar-refractivity contribution in [2.45, 2.75) is 46.2 Å². The van der Waals surface area contributed by atoms with E-state index in [4.69, 9.17) is 10.3 Å². The van der Waals surface area contributed by atoms with E-state index in [2.05, 4.69) is 20.6 Å². The number of hydrogen-bond acceptors (Lipinski definition) is 6. The Labute approximate surface area is 122 Å². The number of aromatic nitrogens is 4. The summed E-state index contributed by atoms with van der Waals surface area (Å²) in [6.45, 7) is 7.60. The molecule has 2 heterocycles. The van der Waals surface area contributed by atoms with Crippen molar-refractivity contribution in [3.63, 3.8) is 0 Å². The molecule has 0 saturated carbocycles. The van der Waals surface area contributed by atoms with Crippen LogP contribution in [-0.2, 0) is 11.3 Å². The fourth-order valence-corrected chi connectivity index (χ4v) is 1.83. The molecule has 0 radical (unpaired) electrons. The van der Waals surface area contributed by atoms with Gasteiger partial charge in [0, 0.05) is 12.0 Å². The number of aryl methyl sites for hydroxylation is 1. The first-order valence-electron chi connectivity index (χ1n) is 6.79. The Balaban J connectivity index is 1.96. The zero-order valence-electron chi connectivity index (χ0n) is 12.6. The SMILES string of the molecule is Cc1cc(N)n(CC(=O)NC(C)c2nc(C(C)C)no2)n1. The number of hydrogen-bond donors (Lipinski definition) is 2. The van der Waals surface area contributed by atoms with Crippen molar-refractivity contribution in [3.05, 3.63) is 23.5 Å². The highest BCUT2D eigenvalue weighted by atomic mass is 16.5. The Morgan fingerprint density at radius 1 is 1.48 bits per heavy atom. The number of nitrogens with zero attached hydrogens (tertiary/aromatic N) is 4. The number of nitrogens with two attached hydrogens (primary N) is 1. The summed E-state index contributed by atoms with van der Waals surface area (Å²) < 4.78 is 6.59. The maximum Gasteiger partial charge on any atom is 0.248 e. The summed E-state index contributed by atoms with van der Waals surface area (Å²) in [5.74, 6) is 1.42. The van der Waals surface area contributed by atoms with Gasteiger partial charge in [-0.05, 0) is 13.8 Å². The first-order valence-corrected chi connectivity index (χ1v) is 6.79. The van der Waals surface area contributed by atoms with Gasteiger partial charge in [0.1, 0.15) is 18.4 Å². The smallest absolute Gasteiger partial charge is 0.248 e. The van der Waals surface area contributed by atoms with E-state index in [1.165, 1.54) is 4.68 Å². The standard InChI is InChI=1S/C13H20N6O2/c1-7(2)12-16-13(21-18-12)9(4)15-11(20)6-19-10(14)5-8(3)17-19/h5,7,9H,6,14H2,1-4H3,(H,15,20). The molecular formula is C13H20N6O2. The molecule has 1 unspecified atom stereocenters. The number of rotatable bonds is 5. The summed E-state index contributed by atoms with van der Waals surface area (Å²) in [4.78, 5) is 16.2. The molecule has 2 rings (SSSR count). The van der Waals surface area contributed by atoms with Crippen molar-refractivity contribution in [2.75, 3.05) is 5.73 Å². The molecule has 114 valence electrons. The molecule has 0 spiro atoms. The minimum atomic E-state index is -0.365. The van der Waals surface area contributed by atoms with Gasteiger partial charge in [-0.2, -0.15) is 10.1 Å². The largest absolute Gasteiger partial charge is 0.384 e. The lowest BCUT2D eigenvalue weighted by molar-refractivity contribution is -0.122. The minimum Gasteiger partial charge on any atom is -0.384 e. The van der Waals surface area contributed by atoms with E-state index in [0.717, 1.165) is 5.69 Å². The number of amides is 1. The first kappa shape index (κ1) is 15.0. The lowest BCUT2D eigenvalue weighted by atomic mass is 10.2. The molecule has 8 heteroatoms. The number of nitrogen functional groups attached to an aromatic ring is 1. The zero-order valence-corrected chi connectivity index (χ0v) is 12.6. The summed E-state index contributed by atoms with van der Waals surface area (Å²) in [6.07, 6.45) is 0. The fraction of sp³-hybridized carbons (Fsp3) is 0.538. The summed E-state index contributed by atoms with van der Waals surface area (Å²) in [5.41, 5.74) is 6.52. The van der Waals surface area contributed by atoms with E-state index < -0.39 is 0 Å². The summed E-state index contributed by atoms with van der Waals surface area (Å²) in [5, 5.41) is 10.8. The average Bonchev–Trinajstić information content (AvgIpc) is 2.97. The highest BCUT2D eigenvalue weighted by molar-refractivity contribution is 5.76. The van der Waals surface area contributed by atoms with E-state index in [1.54, 1.807) is 13.0 Å². The molecule has 0 aliphatic carbocycles. The van der Waals surface area contributed by atoms with Crippen molar-refractivity contribution in [1.29, 1.82) is 0 Å². The van der Waals surface area contributed by atoms with E-state index in [9.17, 15) is 4.79 Å². The van der Waals surface area contributed by atoms with Gasteiger partial charge >= 0.3 is 0 Å². The molecule has 0 aromatic carbocycles. The first-order chi connectivity index (χ1) is 9.86. The van der Waals surface area contributed by atoms with Crippen molar-refractivity contribution in [1.82, 2.24) is 25.2 Å². The van der Waals surface area contributed by atoms with Gasteiger partial charge in [0.05, 0.1) is 5.69 Å². The molecule has 3 N–H and O–H groups in total. The van der Waals surface area contributed by atoms with Crippen LogP contribution in [0.3, 0.4) is 0 Å². The topological polar surface area (TPSA) is 112 Å². The van der Waals surface area contributed by atoms with E-state index in [-0.39, 0.29) is 24.4 Å². The summed E-state index contributed by atoms with van der Waals surface area (Å²) in [6, 6.07) is 1.35. The molecule has 2 aromatic rings. The molecule has 8 nitrogen and oxygen atoms in total. The molecule has 21 heavy (non-hydrogen) atoms. The van der Waals surface area contributed by atoms with Crippen LogP contribution < -0.4 is 11.1 Å². The quantitative estimate of drug-likeness (QED) is 0.855. The van der Waals surface area contributed by atoms with Gasteiger partial charge in [0.2, 0.25) is 11.8 Å². The van der Waals surface area contributed by atoms with Gasteiger partial charge in [-0.15, -0.1) is 0 Å². The fourth-order valence-electron chi connectivity index (χ4n) is 1.83. The van der Waals surface area contributed by atoms with Gasteiger partial charge in [-0.3, -0.25) is 4.79 Å². The van der Waals surface area contributed by atoms with E-state index in [0.29, 0.717) is 17.5 Å². The van der Waals surface area contributed by atoms with Crippen LogP contribution in [0.2, 0.25) is 0 Å². The van der Waals surface area contributed by atoms with Crippen molar-refractivity contribution >= 4 is 11.7 Å². The summed E-state index contributed by atoms with van der Waals surface area (Å²) in [7, 11) is 0. The third-order valence-electron chi connectivity index (χ3n) is 2.95. The monoisotopic (exact) mass is 292 g/mol. The third kappa shape index (κ3) is 3.59. The second kappa shape index (κ2) is 5.94. The predicted octanol–water partition coefficient (Wildman–Crippen LogP) is 1.16. The molecule has 0 saturated heterocycles. The lowest BCUT2D eigenvalue weighted by Crippen LogP contribution is -2.31. The predicted molar refractivity (Wildman–Crippen MR) is 76.3 cm³/mol. The van der Waals surface area contributed by atoms with Crippen LogP contribution in [0.4, 0.5) is 5.82 Å². The van der Waals surface area contributed by atoms with E-state index in [1.807, 2.05) is 20.8 Å². The Morgan fingerprint density at radius 2 is 2.19 bits per heavy atom. The van der Waals surface area contributed by atoms with E-state index >= 15 is 0 Å². The van der Waals surface area contributed by atoms with Crippen molar-refractivity contribution < 1.29 is 9.32 Å². The molecule has 1 amide bonds. The van der Waals surface area contributed by atoms with Gasteiger partial charge in [0.25, 0.3) is 0 Å². The van der Waals surface area contributed by atoms with Gasteiger partial charge in [-0.1, -0.05) is 19.0 Å². The lowest BCUT2D eigenvalue weighted by Gasteiger charge is -2.10. The number of carbonyl (C=O) groups is 1. The number of carbonyl (C=O) groups excluding carboxylic acids is 1. The maximum atomic E-state index is 12.0. The molecule has 0 fully saturated rings. The van der Waals surface area contributed by atoms with Crippen LogP contribution in [0.25, 0.3) is 0 Å². The summed E-state index contributed by atoms with van der Waals surface area (Å²) >= 11 is 0. The van der Waals surface area contributed by atoms with Gasteiger partial charge in [-0.25, -0.2) is 4.68 Å². The molecular weight excluding hydrogens is 272 g/mol. The molecule has 0 aliphatic rings. The Morgan fingerprint density at radius 3 is 2.71 bits per heavy atom. The highest BCUT2D eigenvalue weighted by Gasteiger charge is 2.18. The number of nitrogens with one attached hydrogen (secondary N) is 1. The Hall–Kier alpha value is -2.38. The Bertz CT molecular complexity index is 630. The van der Waals surface area contributed by atoms with Crippen molar-refractivity contribution in [3.8, 4) is 0 Å². The average molecular weight is 292 g/mol. The second-order valence-corrected chi connectivity index (χ2v) is 5.30. The van der Waals surface area contributed by atoms with Crippen LogP contribution in [0.5, 0.6) is 0 Å². The molecule has 0 bridgehead atoms. The van der Waals surface area contributed by atoms with Crippen LogP contribution in [-0.4, -0.2) is 25.8 Å². The zero-order chi connectivity index (χ0) is 15.6. The van der Waals surface area contributed by atoms with Crippen LogP contribution in [0.1, 0.15) is 50.1 Å². The Kier molecular flexibility index (Phi) is 4.25. The van der Waals surface area contributed by atoms with Gasteiger partial charge < -0.3 is 15.6 Å². The number of anilines is 1. The highest BCUT2D eigenvalue weighted by Crippen LogP contribution is 2.15. The van der Waals surface area contributed by atoms with Crippen LogP contribution >= 0.6 is 0 Å². The molecule has 2 aromatic heterocycles.